The zero-order chi connectivity index (χ0) is 27.5. The molecule has 12 heteroatoms. The first-order valence-corrected chi connectivity index (χ1v) is 13.3. The first-order chi connectivity index (χ1) is 18.6. The molecule has 4 aliphatic rings. The summed E-state index contributed by atoms with van der Waals surface area (Å²) in [5.41, 5.74) is -0.566. The summed E-state index contributed by atoms with van der Waals surface area (Å²) in [5, 5.41) is 31.1. The molecule has 0 atom stereocenters. The van der Waals surface area contributed by atoms with Crippen LogP contribution in [0.1, 0.15) is 54.6 Å². The molecule has 2 aromatic carbocycles. The van der Waals surface area contributed by atoms with E-state index in [1.165, 1.54) is 43.7 Å². The molecule has 1 N–H and O–H groups in total. The summed E-state index contributed by atoms with van der Waals surface area (Å²) in [6.07, 6.45) is 7.71. The molecule has 0 spiro atoms. The smallest absolute Gasteiger partial charge is 0.320 e. The maximum absolute atomic E-state index is 13.3. The highest BCUT2D eigenvalue weighted by Crippen LogP contribution is 2.58. The standard InChI is InChI=1S/C27H26ClN5O6/c1-15-4-19(28)2-3-24(15)39-22-9-20(8-21(10-22)32(35)36)29-26(34)25-23(33(37)38)14-31(30-25)27-11-16-5-17(12-27)7-18(6-16)13-27/h2-4,8-10,14,16-18H,5-7,11-13H2,1H3,(H,29,34). The van der Waals surface area contributed by atoms with Crippen LogP contribution in [0, 0.1) is 44.9 Å². The van der Waals surface area contributed by atoms with Crippen LogP contribution in [-0.4, -0.2) is 25.5 Å². The number of benzene rings is 2. The molecule has 39 heavy (non-hydrogen) atoms. The van der Waals surface area contributed by atoms with Crippen molar-refractivity contribution in [1.29, 1.82) is 0 Å². The lowest BCUT2D eigenvalue weighted by atomic mass is 9.53. The van der Waals surface area contributed by atoms with Gasteiger partial charge in [-0.2, -0.15) is 5.10 Å². The fourth-order valence-corrected chi connectivity index (χ4v) is 7.34. The number of nitro groups is 2. The highest BCUT2D eigenvalue weighted by Gasteiger charge is 2.53. The van der Waals surface area contributed by atoms with Gasteiger partial charge in [-0.1, -0.05) is 11.6 Å². The van der Waals surface area contributed by atoms with Gasteiger partial charge in [-0.25, -0.2) is 0 Å². The number of halogens is 1. The fraction of sp³-hybridized carbons (Fsp3) is 0.407. The Kier molecular flexibility index (Phi) is 6.05. The number of aromatic nitrogens is 2. The van der Waals surface area contributed by atoms with Crippen molar-refractivity contribution >= 4 is 34.6 Å². The molecule has 11 nitrogen and oxygen atoms in total. The first-order valence-electron chi connectivity index (χ1n) is 12.9. The molecule has 4 aliphatic carbocycles. The lowest BCUT2D eigenvalue weighted by molar-refractivity contribution is -0.385. The van der Waals surface area contributed by atoms with Crippen molar-refractivity contribution in [3.63, 3.8) is 0 Å². The van der Waals surface area contributed by atoms with E-state index in [1.807, 2.05) is 0 Å². The minimum absolute atomic E-state index is 0.0504. The van der Waals surface area contributed by atoms with Gasteiger partial charge < -0.3 is 10.1 Å². The van der Waals surface area contributed by atoms with Gasteiger partial charge in [-0.15, -0.1) is 0 Å². The van der Waals surface area contributed by atoms with Crippen LogP contribution >= 0.6 is 11.6 Å². The molecule has 7 rings (SSSR count). The van der Waals surface area contributed by atoms with Crippen LogP contribution in [0.2, 0.25) is 5.02 Å². The number of rotatable bonds is 7. The molecule has 1 aromatic heterocycles. The Labute approximate surface area is 228 Å². The average molecular weight is 552 g/mol. The van der Waals surface area contributed by atoms with Gasteiger partial charge in [0.1, 0.15) is 17.7 Å². The third kappa shape index (κ3) is 4.71. The molecule has 0 unspecified atom stereocenters. The predicted octanol–water partition coefficient (Wildman–Crippen LogP) is 6.63. The van der Waals surface area contributed by atoms with Gasteiger partial charge in [0.15, 0.2) is 0 Å². The molecule has 1 heterocycles. The van der Waals surface area contributed by atoms with E-state index in [4.69, 9.17) is 16.3 Å². The molecule has 4 bridgehead atoms. The van der Waals surface area contributed by atoms with E-state index in [-0.39, 0.29) is 34.0 Å². The van der Waals surface area contributed by atoms with E-state index in [1.54, 1.807) is 29.8 Å². The summed E-state index contributed by atoms with van der Waals surface area (Å²) in [6, 6.07) is 8.77. The van der Waals surface area contributed by atoms with Gasteiger partial charge >= 0.3 is 5.69 Å². The van der Waals surface area contributed by atoms with E-state index in [0.717, 1.165) is 19.3 Å². The Hall–Kier alpha value is -3.99. The van der Waals surface area contributed by atoms with E-state index in [0.29, 0.717) is 34.1 Å². The first kappa shape index (κ1) is 25.3. The number of nitro benzene ring substituents is 1. The molecule has 3 aromatic rings. The van der Waals surface area contributed by atoms with Crippen LogP contribution < -0.4 is 10.1 Å². The highest BCUT2D eigenvalue weighted by molar-refractivity contribution is 6.30. The van der Waals surface area contributed by atoms with Crippen LogP contribution in [0.25, 0.3) is 0 Å². The molecule has 4 fully saturated rings. The monoisotopic (exact) mass is 551 g/mol. The van der Waals surface area contributed by atoms with Gasteiger partial charge in [-0.3, -0.25) is 29.7 Å². The number of non-ortho nitro benzene ring substituents is 1. The summed E-state index contributed by atoms with van der Waals surface area (Å²) in [4.78, 5) is 35.6. The van der Waals surface area contributed by atoms with Crippen LogP contribution in [-0.2, 0) is 5.54 Å². The number of carbonyl (C=O) groups excluding carboxylic acids is 1. The number of aryl methyl sites for hydroxylation is 1. The van der Waals surface area contributed by atoms with Crippen molar-refractivity contribution in [1.82, 2.24) is 9.78 Å². The van der Waals surface area contributed by atoms with Gasteiger partial charge in [0.2, 0.25) is 5.69 Å². The Balaban J connectivity index is 1.30. The predicted molar refractivity (Wildman–Crippen MR) is 142 cm³/mol. The zero-order valence-electron chi connectivity index (χ0n) is 21.1. The van der Waals surface area contributed by atoms with Crippen molar-refractivity contribution < 1.29 is 19.4 Å². The largest absolute Gasteiger partial charge is 0.457 e. The van der Waals surface area contributed by atoms with Crippen molar-refractivity contribution in [3.8, 4) is 11.5 Å². The minimum Gasteiger partial charge on any atom is -0.457 e. The van der Waals surface area contributed by atoms with E-state index >= 15 is 0 Å². The zero-order valence-corrected chi connectivity index (χ0v) is 21.9. The second kappa shape index (κ2) is 9.33. The number of nitrogens with zero attached hydrogens (tertiary/aromatic N) is 4. The molecular formula is C27H26ClN5O6. The third-order valence-electron chi connectivity index (χ3n) is 8.32. The van der Waals surface area contributed by atoms with E-state index in [2.05, 4.69) is 10.4 Å². The molecule has 0 radical (unpaired) electrons. The normalized spacial score (nSPS) is 24.9. The topological polar surface area (TPSA) is 142 Å². The molecule has 202 valence electrons. The van der Waals surface area contributed by atoms with Crippen molar-refractivity contribution in [2.24, 2.45) is 17.8 Å². The van der Waals surface area contributed by atoms with Crippen molar-refractivity contribution in [2.45, 2.75) is 51.0 Å². The maximum atomic E-state index is 13.3. The minimum atomic E-state index is -0.820. The highest BCUT2D eigenvalue weighted by atomic mass is 35.5. The van der Waals surface area contributed by atoms with Crippen molar-refractivity contribution in [2.75, 3.05) is 5.32 Å². The Bertz CT molecular complexity index is 1480. The second-order valence-electron chi connectivity index (χ2n) is 11.1. The summed E-state index contributed by atoms with van der Waals surface area (Å²) in [5.74, 6) is 1.48. The van der Waals surface area contributed by atoms with Gasteiger partial charge in [0.25, 0.3) is 11.6 Å². The van der Waals surface area contributed by atoms with Crippen LogP contribution in [0.5, 0.6) is 11.5 Å². The molecular weight excluding hydrogens is 526 g/mol. The molecule has 0 saturated heterocycles. The molecule has 1 amide bonds. The number of nitrogens with one attached hydrogen (secondary N) is 1. The van der Waals surface area contributed by atoms with Gasteiger partial charge in [0, 0.05) is 17.2 Å². The lowest BCUT2D eigenvalue weighted by Gasteiger charge is -2.56. The number of hydrogen-bond acceptors (Lipinski definition) is 7. The number of anilines is 1. The van der Waals surface area contributed by atoms with Crippen LogP contribution in [0.15, 0.2) is 42.6 Å². The number of hydrogen-bond donors (Lipinski definition) is 1. The quantitative estimate of drug-likeness (QED) is 0.256. The third-order valence-corrected chi connectivity index (χ3v) is 8.56. The summed E-state index contributed by atoms with van der Waals surface area (Å²) in [6.45, 7) is 1.78. The number of carbonyl (C=O) groups is 1. The van der Waals surface area contributed by atoms with Crippen molar-refractivity contribution in [3.05, 3.63) is 79.1 Å². The number of ether oxygens (including phenoxy) is 1. The second-order valence-corrected chi connectivity index (χ2v) is 11.6. The van der Waals surface area contributed by atoms with E-state index in [9.17, 15) is 25.0 Å². The Morgan fingerprint density at radius 3 is 2.31 bits per heavy atom. The van der Waals surface area contributed by atoms with Crippen LogP contribution in [0.4, 0.5) is 17.1 Å². The van der Waals surface area contributed by atoms with E-state index < -0.39 is 15.8 Å². The summed E-state index contributed by atoms with van der Waals surface area (Å²) >= 11 is 6.00. The maximum Gasteiger partial charge on any atom is 0.320 e. The summed E-state index contributed by atoms with van der Waals surface area (Å²) in [7, 11) is 0. The molecule has 0 aliphatic heterocycles. The summed E-state index contributed by atoms with van der Waals surface area (Å²) < 4.78 is 7.51. The number of amides is 1. The van der Waals surface area contributed by atoms with Gasteiger partial charge in [0.05, 0.1) is 27.1 Å². The average Bonchev–Trinajstić information content (AvgIpc) is 3.32. The Morgan fingerprint density at radius 2 is 1.72 bits per heavy atom. The lowest BCUT2D eigenvalue weighted by Crippen LogP contribution is -2.52. The fourth-order valence-electron chi connectivity index (χ4n) is 7.11. The molecule has 4 saturated carbocycles. The van der Waals surface area contributed by atoms with Crippen LogP contribution in [0.3, 0.4) is 0 Å². The SMILES string of the molecule is Cc1cc(Cl)ccc1Oc1cc(NC(=O)c2nn(C34CC5CC(CC(C5)C3)C4)cc2[N+](=O)[O-])cc([N+](=O)[O-])c1. The Morgan fingerprint density at radius 1 is 1.05 bits per heavy atom. The van der Waals surface area contributed by atoms with Gasteiger partial charge in [-0.05, 0) is 87.0 Å².